The fourth-order valence-corrected chi connectivity index (χ4v) is 2.52. The Labute approximate surface area is 110 Å². The van der Waals surface area contributed by atoms with E-state index in [0.717, 1.165) is 11.4 Å². The van der Waals surface area contributed by atoms with Gasteiger partial charge in [-0.05, 0) is 23.1 Å². The average Bonchev–Trinajstić information content (AvgIpc) is 3.06. The highest BCUT2D eigenvalue weighted by Gasteiger charge is 2.16. The normalized spacial score (nSPS) is 12.3. The number of methoxy groups -OCH3 is 1. The van der Waals surface area contributed by atoms with Crippen LogP contribution in [-0.4, -0.2) is 18.1 Å². The van der Waals surface area contributed by atoms with Gasteiger partial charge in [0.25, 0.3) is 0 Å². The van der Waals surface area contributed by atoms with E-state index in [1.807, 2.05) is 36.0 Å². The quantitative estimate of drug-likeness (QED) is 0.788. The largest absolute Gasteiger partial charge is 0.469 e. The lowest BCUT2D eigenvalue weighted by Crippen LogP contribution is -2.23. The van der Waals surface area contributed by atoms with Gasteiger partial charge in [0, 0.05) is 23.8 Å². The highest BCUT2D eigenvalue weighted by molar-refractivity contribution is 7.10. The Morgan fingerprint density at radius 2 is 2.44 bits per heavy atom. The molecule has 0 aromatic carbocycles. The molecule has 0 aliphatic rings. The van der Waals surface area contributed by atoms with Crippen LogP contribution in [0.1, 0.15) is 22.9 Å². The van der Waals surface area contributed by atoms with Crippen LogP contribution in [0.15, 0.2) is 36.0 Å². The number of rotatable bonds is 6. The lowest BCUT2D eigenvalue weighted by atomic mass is 10.1. The molecule has 0 fully saturated rings. The van der Waals surface area contributed by atoms with Crippen LogP contribution >= 0.6 is 11.3 Å². The van der Waals surface area contributed by atoms with E-state index in [9.17, 15) is 4.79 Å². The zero-order chi connectivity index (χ0) is 12.8. The SMILES string of the molecule is COC(=O)CC(NCc1cc[nH]c1)c1cccs1. The molecule has 1 unspecified atom stereocenters. The van der Waals surface area contributed by atoms with Gasteiger partial charge in [-0.15, -0.1) is 11.3 Å². The zero-order valence-electron chi connectivity index (χ0n) is 10.2. The van der Waals surface area contributed by atoms with E-state index in [0.29, 0.717) is 6.42 Å². The van der Waals surface area contributed by atoms with E-state index in [1.54, 1.807) is 11.3 Å². The highest BCUT2D eigenvalue weighted by atomic mass is 32.1. The zero-order valence-corrected chi connectivity index (χ0v) is 11.0. The van der Waals surface area contributed by atoms with Gasteiger partial charge in [0.2, 0.25) is 0 Å². The molecule has 96 valence electrons. The number of esters is 1. The molecular weight excluding hydrogens is 248 g/mol. The molecule has 0 spiro atoms. The topological polar surface area (TPSA) is 54.1 Å². The average molecular weight is 264 g/mol. The second-order valence-corrected chi connectivity index (χ2v) is 4.93. The Bertz CT molecular complexity index is 465. The summed E-state index contributed by atoms with van der Waals surface area (Å²) in [4.78, 5) is 15.6. The van der Waals surface area contributed by atoms with Crippen molar-refractivity contribution >= 4 is 17.3 Å². The maximum Gasteiger partial charge on any atom is 0.307 e. The van der Waals surface area contributed by atoms with Crippen molar-refractivity contribution in [2.24, 2.45) is 0 Å². The summed E-state index contributed by atoms with van der Waals surface area (Å²) < 4.78 is 4.74. The minimum absolute atomic E-state index is 0.00681. The van der Waals surface area contributed by atoms with Crippen molar-refractivity contribution in [1.29, 1.82) is 0 Å². The van der Waals surface area contributed by atoms with Crippen LogP contribution in [0.5, 0.6) is 0 Å². The number of hydrogen-bond acceptors (Lipinski definition) is 4. The summed E-state index contributed by atoms with van der Waals surface area (Å²) in [6.45, 7) is 0.725. The molecular formula is C13H16N2O2S. The number of nitrogens with one attached hydrogen (secondary N) is 2. The maximum absolute atomic E-state index is 11.4. The second kappa shape index (κ2) is 6.37. The number of H-pyrrole nitrogens is 1. The molecule has 0 aliphatic carbocycles. The molecule has 18 heavy (non-hydrogen) atoms. The van der Waals surface area contributed by atoms with Gasteiger partial charge in [0.15, 0.2) is 0 Å². The molecule has 0 amide bonds. The molecule has 0 bridgehead atoms. The first-order chi connectivity index (χ1) is 8.79. The molecule has 5 heteroatoms. The van der Waals surface area contributed by atoms with Crippen LogP contribution in [0.4, 0.5) is 0 Å². The third-order valence-corrected chi connectivity index (χ3v) is 3.69. The van der Waals surface area contributed by atoms with Gasteiger partial charge in [-0.1, -0.05) is 6.07 Å². The van der Waals surface area contributed by atoms with E-state index >= 15 is 0 Å². The van der Waals surface area contributed by atoms with E-state index < -0.39 is 0 Å². The number of aromatic nitrogens is 1. The number of thiophene rings is 1. The van der Waals surface area contributed by atoms with Crippen molar-refractivity contribution < 1.29 is 9.53 Å². The standard InChI is InChI=1S/C13H16N2O2S/c1-17-13(16)7-11(12-3-2-6-18-12)15-9-10-4-5-14-8-10/h2-6,8,11,14-15H,7,9H2,1H3. The third kappa shape index (κ3) is 3.45. The van der Waals surface area contributed by atoms with Crippen LogP contribution in [0.2, 0.25) is 0 Å². The third-order valence-electron chi connectivity index (χ3n) is 2.70. The Morgan fingerprint density at radius 1 is 1.56 bits per heavy atom. The molecule has 2 N–H and O–H groups in total. The predicted molar refractivity (Wildman–Crippen MR) is 71.3 cm³/mol. The fourth-order valence-electron chi connectivity index (χ4n) is 1.72. The van der Waals surface area contributed by atoms with Gasteiger partial charge in [-0.3, -0.25) is 4.79 Å². The molecule has 0 aliphatic heterocycles. The first-order valence-electron chi connectivity index (χ1n) is 5.75. The lowest BCUT2D eigenvalue weighted by Gasteiger charge is -2.15. The Balaban J connectivity index is 1.98. The van der Waals surface area contributed by atoms with Gasteiger partial charge < -0.3 is 15.0 Å². The molecule has 0 saturated heterocycles. The summed E-state index contributed by atoms with van der Waals surface area (Å²) in [6.07, 6.45) is 4.18. The number of aromatic amines is 1. The van der Waals surface area contributed by atoms with Crippen molar-refractivity contribution in [2.45, 2.75) is 19.0 Å². The number of ether oxygens (including phenoxy) is 1. The summed E-state index contributed by atoms with van der Waals surface area (Å²) in [6, 6.07) is 6.04. The highest BCUT2D eigenvalue weighted by Crippen LogP contribution is 2.22. The first kappa shape index (κ1) is 12.9. The van der Waals surface area contributed by atoms with E-state index in [4.69, 9.17) is 4.74 Å². The van der Waals surface area contributed by atoms with Gasteiger partial charge in [-0.2, -0.15) is 0 Å². The predicted octanol–water partition coefficient (Wildman–Crippen LogP) is 2.47. The van der Waals surface area contributed by atoms with Gasteiger partial charge in [-0.25, -0.2) is 0 Å². The van der Waals surface area contributed by atoms with Crippen molar-refractivity contribution in [3.63, 3.8) is 0 Å². The smallest absolute Gasteiger partial charge is 0.307 e. The minimum atomic E-state index is -0.199. The Morgan fingerprint density at radius 3 is 3.06 bits per heavy atom. The van der Waals surface area contributed by atoms with Crippen molar-refractivity contribution in [2.75, 3.05) is 7.11 Å². The molecule has 2 rings (SSSR count). The second-order valence-electron chi connectivity index (χ2n) is 3.95. The minimum Gasteiger partial charge on any atom is -0.469 e. The van der Waals surface area contributed by atoms with Crippen LogP contribution in [0.25, 0.3) is 0 Å². The Hall–Kier alpha value is -1.59. The molecule has 2 heterocycles. The lowest BCUT2D eigenvalue weighted by molar-refractivity contribution is -0.141. The summed E-state index contributed by atoms with van der Waals surface area (Å²) in [5.74, 6) is -0.199. The van der Waals surface area contributed by atoms with Gasteiger partial charge in [0.1, 0.15) is 0 Å². The summed E-state index contributed by atoms with van der Waals surface area (Å²) in [5, 5.41) is 5.39. The number of hydrogen-bond donors (Lipinski definition) is 2. The summed E-state index contributed by atoms with van der Waals surface area (Å²) >= 11 is 1.64. The maximum atomic E-state index is 11.4. The van der Waals surface area contributed by atoms with Crippen LogP contribution in [-0.2, 0) is 16.1 Å². The van der Waals surface area contributed by atoms with E-state index in [1.165, 1.54) is 12.7 Å². The van der Waals surface area contributed by atoms with Crippen LogP contribution < -0.4 is 5.32 Å². The molecule has 1 atom stereocenters. The fraction of sp³-hybridized carbons (Fsp3) is 0.308. The molecule has 4 nitrogen and oxygen atoms in total. The van der Waals surface area contributed by atoms with Gasteiger partial charge in [0.05, 0.1) is 19.6 Å². The molecule has 0 radical (unpaired) electrons. The molecule has 2 aromatic rings. The monoisotopic (exact) mass is 264 g/mol. The number of carbonyl (C=O) groups excluding carboxylic acids is 1. The van der Waals surface area contributed by atoms with Crippen LogP contribution in [0.3, 0.4) is 0 Å². The number of carbonyl (C=O) groups is 1. The van der Waals surface area contributed by atoms with Crippen molar-refractivity contribution in [3.05, 3.63) is 46.4 Å². The molecule has 0 saturated carbocycles. The summed E-state index contributed by atoms with van der Waals surface area (Å²) in [7, 11) is 1.42. The van der Waals surface area contributed by atoms with Gasteiger partial charge >= 0.3 is 5.97 Å². The van der Waals surface area contributed by atoms with E-state index in [2.05, 4.69) is 10.3 Å². The summed E-state index contributed by atoms with van der Waals surface area (Å²) in [5.41, 5.74) is 1.17. The molecule has 2 aromatic heterocycles. The first-order valence-corrected chi connectivity index (χ1v) is 6.63. The van der Waals surface area contributed by atoms with Crippen molar-refractivity contribution in [1.82, 2.24) is 10.3 Å². The van der Waals surface area contributed by atoms with E-state index in [-0.39, 0.29) is 12.0 Å². The van der Waals surface area contributed by atoms with Crippen molar-refractivity contribution in [3.8, 4) is 0 Å². The Kier molecular flexibility index (Phi) is 4.55. The van der Waals surface area contributed by atoms with Crippen LogP contribution in [0, 0.1) is 0 Å².